The number of hydrogen-bond acceptors (Lipinski definition) is 2. The zero-order valence-corrected chi connectivity index (χ0v) is 4.65. The molecule has 0 amide bonds. The van der Waals surface area contributed by atoms with Crippen LogP contribution in [0.15, 0.2) is 24.7 Å². The number of imidazole rings is 1. The Labute approximate surface area is 52.0 Å². The van der Waals surface area contributed by atoms with E-state index in [1.807, 2.05) is 6.07 Å². The van der Waals surface area contributed by atoms with Gasteiger partial charge in [0, 0.05) is 0 Å². The first-order valence-electron chi connectivity index (χ1n) is 2.62. The van der Waals surface area contributed by atoms with Gasteiger partial charge in [0.15, 0.2) is 0 Å². The molecule has 2 rings (SSSR count). The van der Waals surface area contributed by atoms with Crippen LogP contribution in [0.5, 0.6) is 0 Å². The Morgan fingerprint density at radius 3 is 3.44 bits per heavy atom. The lowest BCUT2D eigenvalue weighted by Gasteiger charge is -1.84. The molecule has 0 aliphatic rings. The molecule has 0 aromatic carbocycles. The molecule has 2 aromatic heterocycles. The third kappa shape index (κ3) is 0.579. The van der Waals surface area contributed by atoms with Gasteiger partial charge in [0.05, 0.1) is 11.7 Å². The van der Waals surface area contributed by atoms with Crippen LogP contribution in [0.1, 0.15) is 0 Å². The van der Waals surface area contributed by atoms with Crippen LogP contribution in [0.4, 0.5) is 0 Å². The molecule has 0 aliphatic heterocycles. The van der Waals surface area contributed by atoms with E-state index in [9.17, 15) is 0 Å². The molecule has 3 heteroatoms. The molecule has 2 aromatic rings. The van der Waals surface area contributed by atoms with E-state index in [0.29, 0.717) is 0 Å². The first kappa shape index (κ1) is 4.49. The highest BCUT2D eigenvalue weighted by molar-refractivity contribution is 5.41. The molecule has 9 heavy (non-hydrogen) atoms. The van der Waals surface area contributed by atoms with E-state index in [4.69, 9.17) is 0 Å². The Balaban J connectivity index is 2.95. The summed E-state index contributed by atoms with van der Waals surface area (Å²) in [5, 5.41) is 3.87. The summed E-state index contributed by atoms with van der Waals surface area (Å²) >= 11 is 0. The molecule has 2 heterocycles. The maximum atomic E-state index is 3.88. The highest BCUT2D eigenvalue weighted by atomic mass is 15.2. The Morgan fingerprint density at radius 1 is 1.56 bits per heavy atom. The lowest BCUT2D eigenvalue weighted by atomic mass is 10.5. The zero-order chi connectivity index (χ0) is 6.10. The van der Waals surface area contributed by atoms with Crippen molar-refractivity contribution in [2.45, 2.75) is 0 Å². The van der Waals surface area contributed by atoms with Crippen molar-refractivity contribution in [3.05, 3.63) is 30.9 Å². The summed E-state index contributed by atoms with van der Waals surface area (Å²) in [6.45, 7) is 0. The average Bonchev–Trinajstić information content (AvgIpc) is 2.33. The van der Waals surface area contributed by atoms with E-state index >= 15 is 0 Å². The van der Waals surface area contributed by atoms with Gasteiger partial charge in [-0.15, -0.1) is 0 Å². The summed E-state index contributed by atoms with van der Waals surface area (Å²) < 4.78 is 1.67. The second kappa shape index (κ2) is 1.55. The highest BCUT2D eigenvalue weighted by Gasteiger charge is 1.87. The number of nitrogens with zero attached hydrogens (tertiary/aromatic N) is 3. The Bertz CT molecular complexity index is 282. The molecule has 43 valence electrons. The zero-order valence-electron chi connectivity index (χ0n) is 4.65. The van der Waals surface area contributed by atoms with Crippen LogP contribution in [-0.4, -0.2) is 14.6 Å². The van der Waals surface area contributed by atoms with Crippen LogP contribution in [0, 0.1) is 6.20 Å². The summed E-state index contributed by atoms with van der Waals surface area (Å²) in [7, 11) is 0. The SMILES string of the molecule is [c]1ccc2cncn2n1. The smallest absolute Gasteiger partial charge is 0.117 e. The van der Waals surface area contributed by atoms with Gasteiger partial charge in [0.2, 0.25) is 0 Å². The Morgan fingerprint density at radius 2 is 2.56 bits per heavy atom. The van der Waals surface area contributed by atoms with Crippen LogP contribution < -0.4 is 0 Å². The van der Waals surface area contributed by atoms with Gasteiger partial charge in [-0.25, -0.2) is 9.50 Å². The first-order chi connectivity index (χ1) is 4.47. The molecule has 0 aliphatic carbocycles. The van der Waals surface area contributed by atoms with Crippen LogP contribution >= 0.6 is 0 Å². The second-order valence-corrected chi connectivity index (χ2v) is 1.73. The van der Waals surface area contributed by atoms with Crippen molar-refractivity contribution in [1.82, 2.24) is 14.6 Å². The molecule has 0 bridgehead atoms. The summed E-state index contributed by atoms with van der Waals surface area (Å²) in [5.41, 5.74) is 0.994. The number of rotatable bonds is 0. The van der Waals surface area contributed by atoms with Gasteiger partial charge < -0.3 is 0 Å². The average molecular weight is 118 g/mol. The summed E-state index contributed by atoms with van der Waals surface area (Å²) in [6.07, 6.45) is 6.09. The number of hydrogen-bond donors (Lipinski definition) is 0. The van der Waals surface area contributed by atoms with Crippen LogP contribution in [-0.2, 0) is 0 Å². The van der Waals surface area contributed by atoms with Crippen LogP contribution in [0.2, 0.25) is 0 Å². The maximum absolute atomic E-state index is 3.88. The maximum Gasteiger partial charge on any atom is 0.117 e. The van der Waals surface area contributed by atoms with E-state index in [1.54, 1.807) is 23.1 Å². The van der Waals surface area contributed by atoms with Crippen LogP contribution in [0.25, 0.3) is 5.52 Å². The Hall–Kier alpha value is -1.38. The van der Waals surface area contributed by atoms with Crippen molar-refractivity contribution in [3.63, 3.8) is 0 Å². The van der Waals surface area contributed by atoms with E-state index in [1.165, 1.54) is 0 Å². The molecule has 0 saturated heterocycles. The minimum absolute atomic E-state index is 0.994. The standard InChI is InChI=1S/C6H4N3/c1-2-6-4-7-5-9(6)8-3-1/h1-2,4-5H. The van der Waals surface area contributed by atoms with Crippen LogP contribution in [0.3, 0.4) is 0 Å². The van der Waals surface area contributed by atoms with Gasteiger partial charge >= 0.3 is 0 Å². The fourth-order valence-corrected chi connectivity index (χ4v) is 0.720. The third-order valence-electron chi connectivity index (χ3n) is 1.14. The Kier molecular flexibility index (Phi) is 0.773. The summed E-state index contributed by atoms with van der Waals surface area (Å²) in [4.78, 5) is 3.88. The predicted octanol–water partition coefficient (Wildman–Crippen LogP) is 0.529. The van der Waals surface area contributed by atoms with Gasteiger partial charge in [-0.3, -0.25) is 0 Å². The van der Waals surface area contributed by atoms with Gasteiger partial charge in [0.1, 0.15) is 12.5 Å². The minimum Gasteiger partial charge on any atom is -0.243 e. The van der Waals surface area contributed by atoms with E-state index < -0.39 is 0 Å². The summed E-state index contributed by atoms with van der Waals surface area (Å²) in [5.74, 6) is 0. The van der Waals surface area contributed by atoms with Crippen molar-refractivity contribution in [2.75, 3.05) is 0 Å². The van der Waals surface area contributed by atoms with Gasteiger partial charge in [0.25, 0.3) is 0 Å². The third-order valence-corrected chi connectivity index (χ3v) is 1.14. The van der Waals surface area contributed by atoms with E-state index in [2.05, 4.69) is 16.3 Å². The van der Waals surface area contributed by atoms with Crippen molar-refractivity contribution >= 4 is 5.52 Å². The van der Waals surface area contributed by atoms with Crippen molar-refractivity contribution < 1.29 is 0 Å². The first-order valence-corrected chi connectivity index (χ1v) is 2.62. The number of fused-ring (bicyclic) bond motifs is 1. The van der Waals surface area contributed by atoms with E-state index in [-0.39, 0.29) is 0 Å². The van der Waals surface area contributed by atoms with Crippen molar-refractivity contribution in [3.8, 4) is 0 Å². The second-order valence-electron chi connectivity index (χ2n) is 1.73. The molecule has 0 unspecified atom stereocenters. The molecule has 0 N–H and O–H groups in total. The molecule has 0 atom stereocenters. The largest absolute Gasteiger partial charge is 0.243 e. The lowest BCUT2D eigenvalue weighted by Crippen LogP contribution is -1.85. The molecule has 0 spiro atoms. The monoisotopic (exact) mass is 118 g/mol. The van der Waals surface area contributed by atoms with Gasteiger partial charge in [-0.2, -0.15) is 5.10 Å². The van der Waals surface area contributed by atoms with Crippen molar-refractivity contribution in [2.24, 2.45) is 0 Å². The predicted molar refractivity (Wildman–Crippen MR) is 31.8 cm³/mol. The topological polar surface area (TPSA) is 30.2 Å². The fraction of sp³-hybridized carbons (Fsp3) is 0. The molecule has 1 radical (unpaired) electrons. The van der Waals surface area contributed by atoms with Gasteiger partial charge in [-0.1, -0.05) is 0 Å². The molecule has 3 nitrogen and oxygen atoms in total. The molecule has 0 fully saturated rings. The molecular formula is C6H4N3. The minimum atomic E-state index is 0.994. The molecular weight excluding hydrogens is 114 g/mol. The number of aromatic nitrogens is 3. The normalized spacial score (nSPS) is 10.2. The fourth-order valence-electron chi connectivity index (χ4n) is 0.720. The quantitative estimate of drug-likeness (QED) is 0.505. The summed E-state index contributed by atoms with van der Waals surface area (Å²) in [6, 6.07) is 3.66. The lowest BCUT2D eigenvalue weighted by molar-refractivity contribution is 0.920. The highest BCUT2D eigenvalue weighted by Crippen LogP contribution is 1.94. The molecule has 0 saturated carbocycles. The van der Waals surface area contributed by atoms with Crippen molar-refractivity contribution in [1.29, 1.82) is 0 Å². The van der Waals surface area contributed by atoms with Gasteiger partial charge in [-0.05, 0) is 12.1 Å². The van der Waals surface area contributed by atoms with E-state index in [0.717, 1.165) is 5.52 Å².